The van der Waals surface area contributed by atoms with Crippen molar-refractivity contribution < 1.29 is 4.79 Å². The second-order valence-corrected chi connectivity index (χ2v) is 5.89. The van der Waals surface area contributed by atoms with Gasteiger partial charge in [0.1, 0.15) is 5.82 Å². The maximum atomic E-state index is 11.8. The average molecular weight is 328 g/mol. The van der Waals surface area contributed by atoms with E-state index in [9.17, 15) is 4.79 Å². The SMILES string of the molecule is O=C(Nc1nc2cccc(Nc3ccccc3Cl)n2n1)C1CC1. The molecule has 23 heavy (non-hydrogen) atoms. The Balaban J connectivity index is 1.65. The van der Waals surface area contributed by atoms with E-state index in [0.29, 0.717) is 16.6 Å². The standard InChI is InChI=1S/C16H14ClN5O/c17-11-4-1-2-5-12(11)18-13-6-3-7-14-19-16(21-22(13)14)20-15(23)10-8-9-10/h1-7,10,18H,8-9H2,(H,20,21,23). The second kappa shape index (κ2) is 5.55. The van der Waals surface area contributed by atoms with Gasteiger partial charge in [-0.25, -0.2) is 0 Å². The number of rotatable bonds is 4. The Morgan fingerprint density at radius 1 is 1.17 bits per heavy atom. The Kier molecular flexibility index (Phi) is 3.38. The molecule has 1 aromatic carbocycles. The number of nitrogens with one attached hydrogen (secondary N) is 2. The van der Waals surface area contributed by atoms with E-state index in [1.54, 1.807) is 4.52 Å². The molecule has 0 radical (unpaired) electrons. The number of halogens is 1. The van der Waals surface area contributed by atoms with Crippen LogP contribution in [0.5, 0.6) is 0 Å². The Morgan fingerprint density at radius 2 is 2.00 bits per heavy atom. The fourth-order valence-corrected chi connectivity index (χ4v) is 2.49. The topological polar surface area (TPSA) is 71.3 Å². The van der Waals surface area contributed by atoms with Crippen LogP contribution >= 0.6 is 11.6 Å². The Labute approximate surface area is 137 Å². The minimum atomic E-state index is -0.0125. The van der Waals surface area contributed by atoms with Crippen molar-refractivity contribution >= 4 is 40.6 Å². The summed E-state index contributed by atoms with van der Waals surface area (Å²) in [6.45, 7) is 0. The smallest absolute Gasteiger partial charge is 0.249 e. The largest absolute Gasteiger partial charge is 0.339 e. The molecule has 0 unspecified atom stereocenters. The van der Waals surface area contributed by atoms with E-state index in [2.05, 4.69) is 20.7 Å². The zero-order valence-electron chi connectivity index (χ0n) is 12.2. The van der Waals surface area contributed by atoms with Crippen LogP contribution < -0.4 is 10.6 Å². The highest BCUT2D eigenvalue weighted by atomic mass is 35.5. The summed E-state index contributed by atoms with van der Waals surface area (Å²) in [5.41, 5.74) is 1.42. The van der Waals surface area contributed by atoms with Gasteiger partial charge in [-0.3, -0.25) is 10.1 Å². The Morgan fingerprint density at radius 3 is 2.78 bits per heavy atom. The van der Waals surface area contributed by atoms with Crippen molar-refractivity contribution in [1.29, 1.82) is 0 Å². The van der Waals surface area contributed by atoms with E-state index in [-0.39, 0.29) is 11.8 Å². The van der Waals surface area contributed by atoms with Crippen molar-refractivity contribution in [1.82, 2.24) is 14.6 Å². The van der Waals surface area contributed by atoms with Crippen molar-refractivity contribution in [2.24, 2.45) is 5.92 Å². The normalized spacial score (nSPS) is 14.0. The molecule has 1 aliphatic carbocycles. The van der Waals surface area contributed by atoms with E-state index in [1.165, 1.54) is 0 Å². The first-order valence-electron chi connectivity index (χ1n) is 7.39. The summed E-state index contributed by atoms with van der Waals surface area (Å²) >= 11 is 6.18. The zero-order valence-corrected chi connectivity index (χ0v) is 12.9. The van der Waals surface area contributed by atoms with Crippen LogP contribution in [-0.4, -0.2) is 20.5 Å². The quantitative estimate of drug-likeness (QED) is 0.769. The molecule has 1 saturated carbocycles. The predicted octanol–water partition coefficient (Wildman–Crippen LogP) is 3.47. The molecule has 0 bridgehead atoms. The van der Waals surface area contributed by atoms with Gasteiger partial charge in [-0.15, -0.1) is 5.10 Å². The van der Waals surface area contributed by atoms with E-state index in [4.69, 9.17) is 11.6 Å². The fraction of sp³-hybridized carbons (Fsp3) is 0.188. The number of pyridine rings is 1. The van der Waals surface area contributed by atoms with Gasteiger partial charge in [0.25, 0.3) is 0 Å². The van der Waals surface area contributed by atoms with Gasteiger partial charge in [-0.1, -0.05) is 29.8 Å². The molecular formula is C16H14ClN5O. The monoisotopic (exact) mass is 327 g/mol. The number of nitrogens with zero attached hydrogens (tertiary/aromatic N) is 3. The summed E-state index contributed by atoms with van der Waals surface area (Å²) in [6.07, 6.45) is 1.89. The lowest BCUT2D eigenvalue weighted by atomic mass is 10.3. The van der Waals surface area contributed by atoms with E-state index in [1.807, 2.05) is 42.5 Å². The number of fused-ring (bicyclic) bond motifs is 1. The number of hydrogen-bond acceptors (Lipinski definition) is 4. The maximum Gasteiger partial charge on any atom is 0.249 e. The van der Waals surface area contributed by atoms with Gasteiger partial charge in [-0.05, 0) is 37.1 Å². The Hall–Kier alpha value is -2.60. The van der Waals surface area contributed by atoms with Gasteiger partial charge < -0.3 is 5.32 Å². The Bertz CT molecular complexity index is 887. The lowest BCUT2D eigenvalue weighted by Crippen LogP contribution is -2.14. The average Bonchev–Trinajstić information content (AvgIpc) is 3.31. The minimum Gasteiger partial charge on any atom is -0.339 e. The van der Waals surface area contributed by atoms with E-state index in [0.717, 1.165) is 24.3 Å². The molecule has 2 aromatic heterocycles. The number of amides is 1. The van der Waals surface area contributed by atoms with Crippen LogP contribution in [0.3, 0.4) is 0 Å². The summed E-state index contributed by atoms with van der Waals surface area (Å²) in [5, 5.41) is 11.0. The number of para-hydroxylation sites is 1. The highest BCUT2D eigenvalue weighted by molar-refractivity contribution is 6.33. The van der Waals surface area contributed by atoms with Gasteiger partial charge in [0.2, 0.25) is 11.9 Å². The third-order valence-electron chi connectivity index (χ3n) is 3.68. The molecule has 116 valence electrons. The van der Waals surface area contributed by atoms with Crippen molar-refractivity contribution in [3.05, 3.63) is 47.5 Å². The molecular weight excluding hydrogens is 314 g/mol. The molecule has 4 rings (SSSR count). The summed E-state index contributed by atoms with van der Waals surface area (Å²) < 4.78 is 1.64. The maximum absolute atomic E-state index is 11.8. The number of aromatic nitrogens is 3. The molecule has 3 aromatic rings. The van der Waals surface area contributed by atoms with E-state index < -0.39 is 0 Å². The van der Waals surface area contributed by atoms with Crippen LogP contribution in [0.25, 0.3) is 5.65 Å². The van der Waals surface area contributed by atoms with Crippen molar-refractivity contribution in [2.45, 2.75) is 12.8 Å². The van der Waals surface area contributed by atoms with E-state index >= 15 is 0 Å². The van der Waals surface area contributed by atoms with Gasteiger partial charge >= 0.3 is 0 Å². The first kappa shape index (κ1) is 14.0. The second-order valence-electron chi connectivity index (χ2n) is 5.48. The fourth-order valence-electron chi connectivity index (χ4n) is 2.31. The van der Waals surface area contributed by atoms with Gasteiger partial charge in [-0.2, -0.15) is 9.50 Å². The molecule has 0 aliphatic heterocycles. The number of hydrogen-bond donors (Lipinski definition) is 2. The third kappa shape index (κ3) is 2.85. The molecule has 7 heteroatoms. The van der Waals surface area contributed by atoms with Crippen LogP contribution in [-0.2, 0) is 4.79 Å². The number of benzene rings is 1. The molecule has 0 atom stereocenters. The van der Waals surface area contributed by atoms with Crippen LogP contribution in [0.15, 0.2) is 42.5 Å². The molecule has 0 saturated heterocycles. The highest BCUT2D eigenvalue weighted by Crippen LogP contribution is 2.30. The van der Waals surface area contributed by atoms with Gasteiger partial charge in [0.15, 0.2) is 5.65 Å². The first-order chi connectivity index (χ1) is 11.2. The third-order valence-corrected chi connectivity index (χ3v) is 4.01. The zero-order chi connectivity index (χ0) is 15.8. The lowest BCUT2D eigenvalue weighted by molar-refractivity contribution is -0.117. The molecule has 2 heterocycles. The van der Waals surface area contributed by atoms with Crippen molar-refractivity contribution in [2.75, 3.05) is 10.6 Å². The molecule has 0 spiro atoms. The van der Waals surface area contributed by atoms with Crippen LogP contribution in [0.2, 0.25) is 5.02 Å². The van der Waals surface area contributed by atoms with Gasteiger partial charge in [0.05, 0.1) is 10.7 Å². The summed E-state index contributed by atoms with van der Waals surface area (Å²) in [4.78, 5) is 16.2. The summed E-state index contributed by atoms with van der Waals surface area (Å²) in [5.74, 6) is 1.13. The van der Waals surface area contributed by atoms with Crippen LogP contribution in [0.4, 0.5) is 17.5 Å². The molecule has 1 fully saturated rings. The minimum absolute atomic E-state index is 0.0125. The van der Waals surface area contributed by atoms with Gasteiger partial charge in [0, 0.05) is 5.92 Å². The van der Waals surface area contributed by atoms with Crippen LogP contribution in [0, 0.1) is 5.92 Å². The predicted molar refractivity (Wildman–Crippen MR) is 89.1 cm³/mol. The molecule has 2 N–H and O–H groups in total. The highest BCUT2D eigenvalue weighted by Gasteiger charge is 2.30. The van der Waals surface area contributed by atoms with Crippen LogP contribution in [0.1, 0.15) is 12.8 Å². The number of carbonyl (C=O) groups is 1. The molecule has 1 amide bonds. The molecule has 1 aliphatic rings. The summed E-state index contributed by atoms with van der Waals surface area (Å²) in [7, 11) is 0. The van der Waals surface area contributed by atoms with Crippen molar-refractivity contribution in [3.63, 3.8) is 0 Å². The first-order valence-corrected chi connectivity index (χ1v) is 7.77. The van der Waals surface area contributed by atoms with Crippen molar-refractivity contribution in [3.8, 4) is 0 Å². The number of anilines is 3. The number of carbonyl (C=O) groups excluding carboxylic acids is 1. The molecule has 6 nitrogen and oxygen atoms in total. The summed E-state index contributed by atoms with van der Waals surface area (Å²) in [6, 6.07) is 13.0. The lowest BCUT2D eigenvalue weighted by Gasteiger charge is -2.09.